The van der Waals surface area contributed by atoms with E-state index in [0.717, 1.165) is 4.88 Å². The monoisotopic (exact) mass is 306 g/mol. The summed E-state index contributed by atoms with van der Waals surface area (Å²) < 4.78 is 27.0. The number of nitrogens with zero attached hydrogens (tertiary/aromatic N) is 2. The van der Waals surface area contributed by atoms with Crippen LogP contribution in [-0.2, 0) is 10.0 Å². The largest absolute Gasteiger partial charge is 0.273 e. The number of aryl methyl sites for hydroxylation is 1. The molecule has 0 unspecified atom stereocenters. The first-order valence-corrected chi connectivity index (χ1v) is 8.32. The zero-order valence-electron chi connectivity index (χ0n) is 11.0. The van der Waals surface area contributed by atoms with Crippen molar-refractivity contribution in [2.75, 3.05) is 10.8 Å². The SMILES string of the molecule is Cc1ccc(S(=O)(=O)N(CCC#N)c2ccccc2)s1. The molecule has 0 spiro atoms. The second-order valence-electron chi connectivity index (χ2n) is 4.19. The zero-order valence-corrected chi connectivity index (χ0v) is 12.6. The molecule has 20 heavy (non-hydrogen) atoms. The van der Waals surface area contributed by atoms with E-state index in [9.17, 15) is 8.42 Å². The molecule has 4 nitrogen and oxygen atoms in total. The van der Waals surface area contributed by atoms with E-state index in [4.69, 9.17) is 5.26 Å². The first kappa shape index (κ1) is 14.6. The summed E-state index contributed by atoms with van der Waals surface area (Å²) >= 11 is 1.24. The van der Waals surface area contributed by atoms with E-state index in [1.807, 2.05) is 19.1 Å². The molecule has 2 rings (SSSR count). The molecule has 0 saturated heterocycles. The van der Waals surface area contributed by atoms with Gasteiger partial charge < -0.3 is 0 Å². The van der Waals surface area contributed by atoms with E-state index < -0.39 is 10.0 Å². The second kappa shape index (κ2) is 6.07. The van der Waals surface area contributed by atoms with Crippen LogP contribution in [0.25, 0.3) is 0 Å². The van der Waals surface area contributed by atoms with Crippen molar-refractivity contribution >= 4 is 27.0 Å². The van der Waals surface area contributed by atoms with E-state index in [1.54, 1.807) is 36.4 Å². The van der Waals surface area contributed by atoms with Gasteiger partial charge in [0.25, 0.3) is 10.0 Å². The van der Waals surface area contributed by atoms with E-state index in [0.29, 0.717) is 9.90 Å². The predicted octanol–water partition coefficient (Wildman–Crippen LogP) is 3.17. The number of anilines is 1. The normalized spacial score (nSPS) is 11.0. The molecule has 104 valence electrons. The Morgan fingerprint density at radius 2 is 1.90 bits per heavy atom. The lowest BCUT2D eigenvalue weighted by Gasteiger charge is -2.22. The molecule has 1 aromatic carbocycles. The minimum atomic E-state index is -3.60. The molecule has 0 radical (unpaired) electrons. The molecule has 0 aliphatic carbocycles. The van der Waals surface area contributed by atoms with Gasteiger partial charge in [-0.05, 0) is 31.2 Å². The van der Waals surface area contributed by atoms with Crippen molar-refractivity contribution in [3.05, 3.63) is 47.3 Å². The smallest absolute Gasteiger partial charge is 0.265 e. The van der Waals surface area contributed by atoms with Gasteiger partial charge in [0.1, 0.15) is 4.21 Å². The lowest BCUT2D eigenvalue weighted by atomic mass is 10.3. The Bertz CT molecular complexity index is 715. The average Bonchev–Trinajstić information content (AvgIpc) is 2.88. The molecule has 0 amide bonds. The molecule has 1 heterocycles. The van der Waals surface area contributed by atoms with Crippen LogP contribution in [-0.4, -0.2) is 15.0 Å². The number of sulfonamides is 1. The topological polar surface area (TPSA) is 61.2 Å². The third-order valence-corrected chi connectivity index (χ3v) is 6.03. The molecule has 0 fully saturated rings. The number of para-hydroxylation sites is 1. The van der Waals surface area contributed by atoms with E-state index >= 15 is 0 Å². The van der Waals surface area contributed by atoms with Crippen LogP contribution in [0.15, 0.2) is 46.7 Å². The van der Waals surface area contributed by atoms with Gasteiger partial charge in [0, 0.05) is 11.4 Å². The first-order chi connectivity index (χ1) is 9.55. The van der Waals surface area contributed by atoms with Crippen LogP contribution in [0.2, 0.25) is 0 Å². The zero-order chi connectivity index (χ0) is 14.6. The van der Waals surface area contributed by atoms with Crippen LogP contribution in [0.4, 0.5) is 5.69 Å². The molecule has 1 aromatic heterocycles. The van der Waals surface area contributed by atoms with Crippen molar-refractivity contribution in [2.24, 2.45) is 0 Å². The molecular weight excluding hydrogens is 292 g/mol. The van der Waals surface area contributed by atoms with Gasteiger partial charge in [-0.1, -0.05) is 18.2 Å². The highest BCUT2D eigenvalue weighted by Gasteiger charge is 2.25. The van der Waals surface area contributed by atoms with Crippen molar-refractivity contribution < 1.29 is 8.42 Å². The maximum Gasteiger partial charge on any atom is 0.273 e. The van der Waals surface area contributed by atoms with Gasteiger partial charge in [-0.15, -0.1) is 11.3 Å². The minimum Gasteiger partial charge on any atom is -0.265 e. The summed E-state index contributed by atoms with van der Waals surface area (Å²) in [4.78, 5) is 0.942. The fourth-order valence-corrected chi connectivity index (χ4v) is 4.66. The molecule has 0 aliphatic heterocycles. The lowest BCUT2D eigenvalue weighted by Crippen LogP contribution is -2.31. The van der Waals surface area contributed by atoms with Crippen LogP contribution in [0.3, 0.4) is 0 Å². The molecule has 0 atom stereocenters. The average molecular weight is 306 g/mol. The highest BCUT2D eigenvalue weighted by molar-refractivity contribution is 7.94. The van der Waals surface area contributed by atoms with Gasteiger partial charge in [-0.25, -0.2) is 8.42 Å². The maximum absolute atomic E-state index is 12.7. The van der Waals surface area contributed by atoms with Gasteiger partial charge >= 0.3 is 0 Å². The summed E-state index contributed by atoms with van der Waals surface area (Å²) in [7, 11) is -3.60. The van der Waals surface area contributed by atoms with E-state index in [2.05, 4.69) is 0 Å². The Hall–Kier alpha value is -1.84. The van der Waals surface area contributed by atoms with Crippen molar-refractivity contribution in [1.82, 2.24) is 0 Å². The van der Waals surface area contributed by atoms with Crippen LogP contribution in [0, 0.1) is 18.3 Å². The predicted molar refractivity (Wildman–Crippen MR) is 80.3 cm³/mol. The number of nitriles is 1. The Morgan fingerprint density at radius 3 is 2.45 bits per heavy atom. The Labute approximate surface area is 123 Å². The molecule has 0 N–H and O–H groups in total. The molecule has 0 aliphatic rings. The first-order valence-electron chi connectivity index (χ1n) is 6.07. The van der Waals surface area contributed by atoms with E-state index in [-0.39, 0.29) is 13.0 Å². The van der Waals surface area contributed by atoms with Crippen molar-refractivity contribution in [1.29, 1.82) is 5.26 Å². The standard InChI is InChI=1S/C14H14N2O2S2/c1-12-8-9-14(19-12)20(17,18)16(11-5-10-15)13-6-3-2-4-7-13/h2-4,6-9H,5,11H2,1H3. The molecule has 2 aromatic rings. The van der Waals surface area contributed by atoms with Crippen molar-refractivity contribution in [3.8, 4) is 6.07 Å². The van der Waals surface area contributed by atoms with Crippen LogP contribution >= 0.6 is 11.3 Å². The third-order valence-electron chi connectivity index (χ3n) is 2.73. The van der Waals surface area contributed by atoms with Crippen LogP contribution in [0.1, 0.15) is 11.3 Å². The number of thiophene rings is 1. The third kappa shape index (κ3) is 3.00. The Balaban J connectivity index is 2.44. The highest BCUT2D eigenvalue weighted by Crippen LogP contribution is 2.28. The molecule has 0 saturated carbocycles. The highest BCUT2D eigenvalue weighted by atomic mass is 32.2. The summed E-state index contributed by atoms with van der Waals surface area (Å²) in [5, 5.41) is 8.73. The Kier molecular flexibility index (Phi) is 4.42. The molecular formula is C14H14N2O2S2. The molecule has 6 heteroatoms. The minimum absolute atomic E-state index is 0.151. The Morgan fingerprint density at radius 1 is 1.20 bits per heavy atom. The van der Waals surface area contributed by atoms with Gasteiger partial charge in [-0.3, -0.25) is 4.31 Å². The summed E-state index contributed by atoms with van der Waals surface area (Å²) in [6.45, 7) is 2.02. The lowest BCUT2D eigenvalue weighted by molar-refractivity contribution is 0.593. The van der Waals surface area contributed by atoms with Crippen molar-refractivity contribution in [3.63, 3.8) is 0 Å². The second-order valence-corrected chi connectivity index (χ2v) is 7.56. The quantitative estimate of drug-likeness (QED) is 0.852. The summed E-state index contributed by atoms with van der Waals surface area (Å²) in [5.74, 6) is 0. The van der Waals surface area contributed by atoms with Gasteiger partial charge in [0.05, 0.1) is 18.2 Å². The number of hydrogen-bond donors (Lipinski definition) is 0. The van der Waals surface area contributed by atoms with Crippen LogP contribution in [0.5, 0.6) is 0 Å². The van der Waals surface area contributed by atoms with Gasteiger partial charge in [0.15, 0.2) is 0 Å². The van der Waals surface area contributed by atoms with Crippen molar-refractivity contribution in [2.45, 2.75) is 17.6 Å². The summed E-state index contributed by atoms with van der Waals surface area (Å²) in [6.07, 6.45) is 0.151. The molecule has 0 bridgehead atoms. The maximum atomic E-state index is 12.7. The van der Waals surface area contributed by atoms with E-state index in [1.165, 1.54) is 15.6 Å². The van der Waals surface area contributed by atoms with Gasteiger partial charge in [-0.2, -0.15) is 5.26 Å². The summed E-state index contributed by atoms with van der Waals surface area (Å²) in [6, 6.07) is 14.2. The number of rotatable bonds is 5. The number of benzene rings is 1. The van der Waals surface area contributed by atoms with Gasteiger partial charge in [0.2, 0.25) is 0 Å². The van der Waals surface area contributed by atoms with Crippen LogP contribution < -0.4 is 4.31 Å². The fraction of sp³-hybridized carbons (Fsp3) is 0.214. The fourth-order valence-electron chi connectivity index (χ4n) is 1.79. The summed E-state index contributed by atoms with van der Waals surface area (Å²) in [5.41, 5.74) is 0.578. The number of hydrogen-bond acceptors (Lipinski definition) is 4.